The van der Waals surface area contributed by atoms with Crippen LogP contribution in [0.15, 0.2) is 41.2 Å². The molecule has 0 fully saturated rings. The van der Waals surface area contributed by atoms with Crippen LogP contribution in [0.2, 0.25) is 0 Å². The molecule has 114 valence electrons. The van der Waals surface area contributed by atoms with Gasteiger partial charge in [0, 0.05) is 23.1 Å². The van der Waals surface area contributed by atoms with Crippen LogP contribution in [0, 0.1) is 4.77 Å². The number of nitrogens with one attached hydrogen (secondary N) is 1. The Morgan fingerprint density at radius 2 is 2.09 bits per heavy atom. The number of aromatic nitrogens is 2. The van der Waals surface area contributed by atoms with Gasteiger partial charge in [0.25, 0.3) is 5.56 Å². The monoisotopic (exact) mass is 312 g/mol. The zero-order chi connectivity index (χ0) is 16.1. The lowest BCUT2D eigenvalue weighted by Gasteiger charge is -2.33. The van der Waals surface area contributed by atoms with Crippen molar-refractivity contribution in [2.45, 2.75) is 39.2 Å². The van der Waals surface area contributed by atoms with Crippen molar-refractivity contribution < 1.29 is 0 Å². The molecular formula is C18H20N2OS. The van der Waals surface area contributed by atoms with Crippen LogP contribution in [0.4, 0.5) is 0 Å². The van der Waals surface area contributed by atoms with E-state index in [-0.39, 0.29) is 11.0 Å². The minimum absolute atomic E-state index is 0.00116. The first-order chi connectivity index (χ1) is 10.3. The molecule has 1 aliphatic rings. The van der Waals surface area contributed by atoms with Gasteiger partial charge in [0.1, 0.15) is 0 Å². The first-order valence-electron chi connectivity index (χ1n) is 7.41. The summed E-state index contributed by atoms with van der Waals surface area (Å²) in [5, 5.41) is 0. The highest BCUT2D eigenvalue weighted by molar-refractivity contribution is 7.71. The molecule has 3 rings (SSSR count). The average molecular weight is 312 g/mol. The summed E-state index contributed by atoms with van der Waals surface area (Å²) < 4.78 is 2.07. The number of hydrogen-bond acceptors (Lipinski definition) is 2. The second-order valence-corrected chi connectivity index (χ2v) is 7.13. The highest BCUT2D eigenvalue weighted by atomic mass is 32.1. The number of fused-ring (bicyclic) bond motifs is 3. The second kappa shape index (κ2) is 5.06. The molecule has 0 amide bonds. The Kier molecular flexibility index (Phi) is 3.44. The highest BCUT2D eigenvalue weighted by Gasteiger charge is 2.34. The maximum atomic E-state index is 13.0. The molecule has 4 heteroatoms. The van der Waals surface area contributed by atoms with Gasteiger partial charge in [-0.25, -0.2) is 0 Å². The maximum Gasteiger partial charge on any atom is 0.258 e. The van der Waals surface area contributed by atoms with E-state index in [4.69, 9.17) is 12.2 Å². The van der Waals surface area contributed by atoms with Crippen molar-refractivity contribution in [3.63, 3.8) is 0 Å². The molecule has 0 radical (unpaired) electrons. The fourth-order valence-electron chi connectivity index (χ4n) is 3.30. The van der Waals surface area contributed by atoms with Crippen molar-refractivity contribution in [3.8, 4) is 11.3 Å². The van der Waals surface area contributed by atoms with Gasteiger partial charge in [-0.2, -0.15) is 0 Å². The van der Waals surface area contributed by atoms with Crippen molar-refractivity contribution in [3.05, 3.63) is 62.7 Å². The van der Waals surface area contributed by atoms with E-state index >= 15 is 0 Å². The van der Waals surface area contributed by atoms with E-state index in [0.717, 1.165) is 28.8 Å². The Morgan fingerprint density at radius 3 is 2.77 bits per heavy atom. The zero-order valence-electron chi connectivity index (χ0n) is 13.2. The lowest BCUT2D eigenvalue weighted by atomic mass is 9.72. The van der Waals surface area contributed by atoms with Crippen LogP contribution < -0.4 is 5.56 Å². The van der Waals surface area contributed by atoms with Crippen molar-refractivity contribution in [2.75, 3.05) is 0 Å². The molecule has 0 atom stereocenters. The van der Waals surface area contributed by atoms with E-state index in [0.29, 0.717) is 11.3 Å². The molecule has 0 aliphatic heterocycles. The molecule has 0 saturated carbocycles. The summed E-state index contributed by atoms with van der Waals surface area (Å²) in [6.07, 6.45) is 0.850. The molecule has 0 bridgehead atoms. The zero-order valence-corrected chi connectivity index (χ0v) is 14.0. The second-order valence-electron chi connectivity index (χ2n) is 6.75. The number of nitrogens with zero attached hydrogens (tertiary/aromatic N) is 1. The Morgan fingerprint density at radius 1 is 1.41 bits per heavy atom. The lowest BCUT2D eigenvalue weighted by molar-refractivity contribution is 0.497. The molecule has 3 nitrogen and oxygen atoms in total. The van der Waals surface area contributed by atoms with Gasteiger partial charge in [0.2, 0.25) is 0 Å². The predicted molar refractivity (Wildman–Crippen MR) is 92.9 cm³/mol. The first-order valence-corrected chi connectivity index (χ1v) is 7.82. The smallest absolute Gasteiger partial charge is 0.258 e. The first kappa shape index (κ1) is 15.0. The van der Waals surface area contributed by atoms with Crippen molar-refractivity contribution >= 4 is 12.2 Å². The maximum absolute atomic E-state index is 13.0. The molecule has 1 N–H and O–H groups in total. The number of rotatable bonds is 2. The van der Waals surface area contributed by atoms with Crippen LogP contribution in [0.3, 0.4) is 0 Å². The fourth-order valence-corrected chi connectivity index (χ4v) is 3.55. The summed E-state index contributed by atoms with van der Waals surface area (Å²) in [6, 6.07) is 8.21. The third kappa shape index (κ3) is 2.28. The van der Waals surface area contributed by atoms with Gasteiger partial charge >= 0.3 is 0 Å². The molecule has 0 saturated heterocycles. The van der Waals surface area contributed by atoms with Crippen LogP contribution >= 0.6 is 12.2 Å². The van der Waals surface area contributed by atoms with Crippen LogP contribution in [0.5, 0.6) is 0 Å². The normalized spacial score (nSPS) is 15.0. The molecular weight excluding hydrogens is 292 g/mol. The summed E-state index contributed by atoms with van der Waals surface area (Å²) in [4.78, 5) is 16.3. The number of H-pyrrole nitrogens is 1. The van der Waals surface area contributed by atoms with Crippen molar-refractivity contribution in [1.29, 1.82) is 0 Å². The molecule has 0 spiro atoms. The number of allylic oxidation sites excluding steroid dienone is 1. The minimum Gasteiger partial charge on any atom is -0.331 e. The van der Waals surface area contributed by atoms with E-state index in [1.54, 1.807) is 4.57 Å². The van der Waals surface area contributed by atoms with Gasteiger partial charge in [-0.05, 0) is 31.1 Å². The van der Waals surface area contributed by atoms with E-state index in [2.05, 4.69) is 37.5 Å². The standard InChI is InChI=1S/C18H20N2OS/c1-11(2)10-20-16(21)14-15(19-17(20)22)13-8-6-5-7-12(13)9-18(14,3)4/h5-8H,1,9-10H2,2-4H3,(H,19,22). The van der Waals surface area contributed by atoms with Crippen molar-refractivity contribution in [2.24, 2.45) is 0 Å². The molecule has 1 heterocycles. The third-order valence-corrected chi connectivity index (χ3v) is 4.53. The summed E-state index contributed by atoms with van der Waals surface area (Å²) >= 11 is 5.41. The van der Waals surface area contributed by atoms with Gasteiger partial charge in [-0.1, -0.05) is 50.3 Å². The van der Waals surface area contributed by atoms with E-state index in [9.17, 15) is 4.79 Å². The lowest BCUT2D eigenvalue weighted by Crippen LogP contribution is -2.38. The molecule has 2 aromatic rings. The van der Waals surface area contributed by atoms with Gasteiger partial charge < -0.3 is 4.98 Å². The van der Waals surface area contributed by atoms with Gasteiger partial charge in [0.15, 0.2) is 4.77 Å². The summed E-state index contributed by atoms with van der Waals surface area (Å²) in [5.74, 6) is 0. The summed E-state index contributed by atoms with van der Waals surface area (Å²) in [5.41, 5.74) is 4.72. The van der Waals surface area contributed by atoms with Gasteiger partial charge in [-0.3, -0.25) is 9.36 Å². The van der Waals surface area contributed by atoms with Crippen molar-refractivity contribution in [1.82, 2.24) is 9.55 Å². The Hall–Kier alpha value is -1.94. The SMILES string of the molecule is C=C(C)Cn1c(=S)[nH]c2c(c1=O)C(C)(C)Cc1ccccc1-2. The van der Waals surface area contributed by atoms with E-state index < -0.39 is 0 Å². The summed E-state index contributed by atoms with van der Waals surface area (Å²) in [7, 11) is 0. The van der Waals surface area contributed by atoms with E-state index in [1.165, 1.54) is 5.56 Å². The Labute approximate surface area is 135 Å². The number of benzene rings is 1. The molecule has 1 aromatic heterocycles. The summed E-state index contributed by atoms with van der Waals surface area (Å²) in [6.45, 7) is 10.5. The average Bonchev–Trinajstić information content (AvgIpc) is 2.41. The number of aromatic amines is 1. The van der Waals surface area contributed by atoms with Gasteiger partial charge in [-0.15, -0.1) is 0 Å². The van der Waals surface area contributed by atoms with Crippen LogP contribution in [-0.2, 0) is 18.4 Å². The molecule has 0 unspecified atom stereocenters. The fraction of sp³-hybridized carbons (Fsp3) is 0.333. The Bertz CT molecular complexity index is 887. The highest BCUT2D eigenvalue weighted by Crippen LogP contribution is 2.39. The molecule has 1 aromatic carbocycles. The van der Waals surface area contributed by atoms with Crippen LogP contribution in [0.1, 0.15) is 31.9 Å². The minimum atomic E-state index is -0.225. The quantitative estimate of drug-likeness (QED) is 0.673. The topological polar surface area (TPSA) is 37.8 Å². The Balaban J connectivity index is 2.38. The third-order valence-electron chi connectivity index (χ3n) is 4.21. The number of hydrogen-bond donors (Lipinski definition) is 1. The molecule has 22 heavy (non-hydrogen) atoms. The molecule has 1 aliphatic carbocycles. The predicted octanol–water partition coefficient (Wildman–Crippen LogP) is 3.98. The van der Waals surface area contributed by atoms with Crippen LogP contribution in [0.25, 0.3) is 11.3 Å². The van der Waals surface area contributed by atoms with E-state index in [1.807, 2.05) is 19.1 Å². The van der Waals surface area contributed by atoms with Crippen LogP contribution in [-0.4, -0.2) is 9.55 Å². The van der Waals surface area contributed by atoms with Gasteiger partial charge in [0.05, 0.1) is 5.69 Å². The largest absolute Gasteiger partial charge is 0.331 e.